The maximum Gasteiger partial charge on any atom is 0.182 e. The Bertz CT molecular complexity index is 827. The van der Waals surface area contributed by atoms with Gasteiger partial charge in [0.05, 0.1) is 16.7 Å². The average molecular weight is 283 g/mol. The Labute approximate surface area is 123 Å². The molecule has 102 valence electrons. The number of benzene rings is 2. The van der Waals surface area contributed by atoms with Crippen LogP contribution in [0.3, 0.4) is 0 Å². The summed E-state index contributed by atoms with van der Waals surface area (Å²) in [5.41, 5.74) is 5.65. The molecule has 0 saturated heterocycles. The molecule has 0 aliphatic carbocycles. The van der Waals surface area contributed by atoms with E-state index in [1.807, 2.05) is 14.1 Å². The fourth-order valence-electron chi connectivity index (χ4n) is 2.38. The lowest BCUT2D eigenvalue weighted by Gasteiger charge is -2.14. The van der Waals surface area contributed by atoms with Gasteiger partial charge in [0, 0.05) is 19.8 Å². The van der Waals surface area contributed by atoms with Gasteiger partial charge in [0.15, 0.2) is 4.77 Å². The molecule has 20 heavy (non-hydrogen) atoms. The van der Waals surface area contributed by atoms with Crippen molar-refractivity contribution >= 4 is 28.9 Å². The van der Waals surface area contributed by atoms with Crippen LogP contribution in [-0.2, 0) is 0 Å². The quantitative estimate of drug-likeness (QED) is 0.717. The van der Waals surface area contributed by atoms with E-state index in [-0.39, 0.29) is 0 Å². The lowest BCUT2D eigenvalue weighted by atomic mass is 10.2. The molecule has 3 rings (SSSR count). The lowest BCUT2D eigenvalue weighted by molar-refractivity contribution is 1.05. The smallest absolute Gasteiger partial charge is 0.182 e. The van der Waals surface area contributed by atoms with Gasteiger partial charge in [-0.3, -0.25) is 4.57 Å². The van der Waals surface area contributed by atoms with Crippen molar-refractivity contribution in [3.8, 4) is 5.69 Å². The number of aromatic amines is 1. The fourth-order valence-corrected chi connectivity index (χ4v) is 2.69. The predicted molar refractivity (Wildman–Crippen MR) is 87.5 cm³/mol. The Morgan fingerprint density at radius 3 is 2.65 bits per heavy atom. The van der Waals surface area contributed by atoms with Gasteiger partial charge < -0.3 is 9.88 Å². The molecule has 0 amide bonds. The molecule has 3 aromatic rings. The molecule has 0 bridgehead atoms. The number of nitrogens with one attached hydrogen (secondary N) is 1. The van der Waals surface area contributed by atoms with Crippen molar-refractivity contribution in [2.75, 3.05) is 19.0 Å². The van der Waals surface area contributed by atoms with Crippen molar-refractivity contribution in [3.05, 3.63) is 52.8 Å². The second kappa shape index (κ2) is 4.80. The third-order valence-electron chi connectivity index (χ3n) is 3.44. The fraction of sp³-hybridized carbons (Fsp3) is 0.188. The first kappa shape index (κ1) is 12.9. The summed E-state index contributed by atoms with van der Waals surface area (Å²) in [4.78, 5) is 5.36. The molecule has 0 spiro atoms. The van der Waals surface area contributed by atoms with E-state index >= 15 is 0 Å². The zero-order chi connectivity index (χ0) is 14.3. The van der Waals surface area contributed by atoms with E-state index in [9.17, 15) is 0 Å². The number of H-pyrrole nitrogens is 1. The number of aromatic nitrogens is 2. The summed E-state index contributed by atoms with van der Waals surface area (Å²) in [6.07, 6.45) is 0. The molecule has 1 aromatic heterocycles. The molecule has 1 N–H and O–H groups in total. The first-order valence-electron chi connectivity index (χ1n) is 6.55. The van der Waals surface area contributed by atoms with Crippen molar-refractivity contribution in [1.29, 1.82) is 0 Å². The minimum atomic E-state index is 0.724. The van der Waals surface area contributed by atoms with Gasteiger partial charge in [-0.15, -0.1) is 0 Å². The van der Waals surface area contributed by atoms with Crippen LogP contribution in [-0.4, -0.2) is 23.6 Å². The highest BCUT2D eigenvalue weighted by molar-refractivity contribution is 7.71. The summed E-state index contributed by atoms with van der Waals surface area (Å²) in [7, 11) is 4.08. The predicted octanol–water partition coefficient (Wildman–Crippen LogP) is 4.06. The highest BCUT2D eigenvalue weighted by atomic mass is 32.1. The van der Waals surface area contributed by atoms with Crippen LogP contribution in [0.2, 0.25) is 0 Å². The highest BCUT2D eigenvalue weighted by Crippen LogP contribution is 2.23. The maximum absolute atomic E-state index is 5.48. The summed E-state index contributed by atoms with van der Waals surface area (Å²) in [5, 5.41) is 0. The third kappa shape index (κ3) is 2.12. The zero-order valence-electron chi connectivity index (χ0n) is 11.8. The number of hydrogen-bond donors (Lipinski definition) is 1. The molecule has 0 aliphatic rings. The summed E-state index contributed by atoms with van der Waals surface area (Å²) < 4.78 is 2.81. The van der Waals surface area contributed by atoms with Gasteiger partial charge >= 0.3 is 0 Å². The van der Waals surface area contributed by atoms with E-state index in [0.717, 1.165) is 27.2 Å². The summed E-state index contributed by atoms with van der Waals surface area (Å²) in [5.74, 6) is 0. The molecule has 3 nitrogen and oxygen atoms in total. The van der Waals surface area contributed by atoms with Crippen LogP contribution in [0.25, 0.3) is 16.7 Å². The van der Waals surface area contributed by atoms with Crippen molar-refractivity contribution < 1.29 is 0 Å². The van der Waals surface area contributed by atoms with Gasteiger partial charge in [-0.05, 0) is 55.0 Å². The van der Waals surface area contributed by atoms with Gasteiger partial charge in [-0.25, -0.2) is 0 Å². The van der Waals surface area contributed by atoms with E-state index in [2.05, 4.69) is 63.8 Å². The van der Waals surface area contributed by atoms with Gasteiger partial charge in [0.1, 0.15) is 0 Å². The second-order valence-electron chi connectivity index (χ2n) is 5.20. The Balaban J connectivity index is 2.29. The SMILES string of the molecule is Cc1ccc2[nH]c(=S)n(-c3cccc(N(C)C)c3)c2c1. The van der Waals surface area contributed by atoms with Crippen molar-refractivity contribution in [2.45, 2.75) is 6.92 Å². The first-order chi connectivity index (χ1) is 9.56. The van der Waals surface area contributed by atoms with Crippen LogP contribution < -0.4 is 4.90 Å². The van der Waals surface area contributed by atoms with Gasteiger partial charge in [-0.1, -0.05) is 12.1 Å². The Morgan fingerprint density at radius 1 is 1.10 bits per heavy atom. The van der Waals surface area contributed by atoms with Crippen molar-refractivity contribution in [3.63, 3.8) is 0 Å². The molecule has 0 saturated carbocycles. The van der Waals surface area contributed by atoms with Gasteiger partial charge in [0.25, 0.3) is 0 Å². The number of anilines is 1. The zero-order valence-corrected chi connectivity index (χ0v) is 12.7. The standard InChI is InChI=1S/C16H17N3S/c1-11-7-8-14-15(9-11)19(16(20)17-14)13-6-4-5-12(10-13)18(2)3/h4-10H,1-3H3,(H,17,20). The molecule has 4 heteroatoms. The monoisotopic (exact) mass is 283 g/mol. The van der Waals surface area contributed by atoms with Crippen LogP contribution in [0.1, 0.15) is 5.56 Å². The summed E-state index contributed by atoms with van der Waals surface area (Å²) in [6.45, 7) is 2.09. The van der Waals surface area contributed by atoms with Crippen LogP contribution in [0.15, 0.2) is 42.5 Å². The summed E-state index contributed by atoms with van der Waals surface area (Å²) in [6, 6.07) is 14.7. The molecule has 0 fully saturated rings. The number of fused-ring (bicyclic) bond motifs is 1. The topological polar surface area (TPSA) is 24.0 Å². The number of rotatable bonds is 2. The van der Waals surface area contributed by atoms with Crippen LogP contribution in [0.5, 0.6) is 0 Å². The van der Waals surface area contributed by atoms with Crippen LogP contribution >= 0.6 is 12.2 Å². The number of nitrogens with zero attached hydrogens (tertiary/aromatic N) is 2. The molecule has 2 aromatic carbocycles. The van der Waals surface area contributed by atoms with Crippen LogP contribution in [0, 0.1) is 11.7 Å². The molecule has 1 heterocycles. The second-order valence-corrected chi connectivity index (χ2v) is 5.59. The largest absolute Gasteiger partial charge is 0.378 e. The molecule has 0 unspecified atom stereocenters. The van der Waals surface area contributed by atoms with Gasteiger partial charge in [-0.2, -0.15) is 0 Å². The van der Waals surface area contributed by atoms with E-state index in [1.54, 1.807) is 0 Å². The Morgan fingerprint density at radius 2 is 1.90 bits per heavy atom. The minimum Gasteiger partial charge on any atom is -0.378 e. The minimum absolute atomic E-state index is 0.724. The number of hydrogen-bond acceptors (Lipinski definition) is 2. The van der Waals surface area contributed by atoms with Crippen LogP contribution in [0.4, 0.5) is 5.69 Å². The Hall–Kier alpha value is -2.07. The molecule has 0 radical (unpaired) electrons. The van der Waals surface area contributed by atoms with E-state index in [1.165, 1.54) is 5.56 Å². The first-order valence-corrected chi connectivity index (χ1v) is 6.96. The van der Waals surface area contributed by atoms with E-state index in [4.69, 9.17) is 12.2 Å². The van der Waals surface area contributed by atoms with E-state index in [0.29, 0.717) is 0 Å². The average Bonchev–Trinajstić information content (AvgIpc) is 2.74. The number of imidazole rings is 1. The molecule has 0 atom stereocenters. The number of aryl methyl sites for hydroxylation is 1. The normalized spacial score (nSPS) is 10.9. The maximum atomic E-state index is 5.48. The molecular weight excluding hydrogens is 266 g/mol. The molecular formula is C16H17N3S. The highest BCUT2D eigenvalue weighted by Gasteiger charge is 2.07. The van der Waals surface area contributed by atoms with Gasteiger partial charge in [0.2, 0.25) is 0 Å². The van der Waals surface area contributed by atoms with Crippen molar-refractivity contribution in [2.24, 2.45) is 0 Å². The van der Waals surface area contributed by atoms with Crippen molar-refractivity contribution in [1.82, 2.24) is 9.55 Å². The Kier molecular flexibility index (Phi) is 3.10. The summed E-state index contributed by atoms with van der Waals surface area (Å²) >= 11 is 5.48. The third-order valence-corrected chi connectivity index (χ3v) is 3.73. The van der Waals surface area contributed by atoms with E-state index < -0.39 is 0 Å². The lowest BCUT2D eigenvalue weighted by Crippen LogP contribution is -2.09. The molecule has 0 aliphatic heterocycles.